The lowest BCUT2D eigenvalue weighted by Crippen LogP contribution is -2.39. The van der Waals surface area contributed by atoms with Gasteiger partial charge in [0.05, 0.1) is 17.1 Å². The summed E-state index contributed by atoms with van der Waals surface area (Å²) < 4.78 is 3.88. The number of nitrogens with zero attached hydrogens (tertiary/aromatic N) is 9. The molecule has 0 N–H and O–H groups in total. The maximum atomic E-state index is 4.52. The van der Waals surface area contributed by atoms with Crippen molar-refractivity contribution in [2.75, 3.05) is 0 Å². The number of para-hydroxylation sites is 1. The van der Waals surface area contributed by atoms with Crippen molar-refractivity contribution in [3.05, 3.63) is 41.2 Å². The van der Waals surface area contributed by atoms with E-state index in [1.165, 1.54) is 31.2 Å². The third-order valence-electron chi connectivity index (χ3n) is 6.93. The molecular weight excluding hydrogens is 414 g/mol. The number of hydrogen-bond donors (Lipinski definition) is 0. The van der Waals surface area contributed by atoms with E-state index in [-0.39, 0.29) is 11.6 Å². The number of pyridine rings is 1. The van der Waals surface area contributed by atoms with Crippen molar-refractivity contribution < 1.29 is 0 Å². The summed E-state index contributed by atoms with van der Waals surface area (Å²) in [6.45, 7) is 11.5. The molecule has 1 saturated carbocycles. The maximum absolute atomic E-state index is 4.52. The Morgan fingerprint density at radius 2 is 1.85 bits per heavy atom. The van der Waals surface area contributed by atoms with Crippen molar-refractivity contribution in [3.8, 4) is 0 Å². The Bertz CT molecular complexity index is 1260. The maximum Gasteiger partial charge on any atom is 0.184 e. The molecule has 0 saturated heterocycles. The monoisotopic (exact) mass is 447 g/mol. The summed E-state index contributed by atoms with van der Waals surface area (Å²) in [5.41, 5.74) is 4.01. The highest BCUT2D eigenvalue weighted by atomic mass is 15.6. The minimum atomic E-state index is -0.182. The Balaban J connectivity index is 1.62. The van der Waals surface area contributed by atoms with E-state index in [4.69, 9.17) is 0 Å². The van der Waals surface area contributed by atoms with Gasteiger partial charge in [0.15, 0.2) is 11.5 Å². The van der Waals surface area contributed by atoms with Crippen molar-refractivity contribution in [3.63, 3.8) is 0 Å². The van der Waals surface area contributed by atoms with E-state index in [0.717, 1.165) is 40.9 Å². The van der Waals surface area contributed by atoms with Gasteiger partial charge >= 0.3 is 0 Å². The largest absolute Gasteiger partial charge is 0.286 e. The van der Waals surface area contributed by atoms with Crippen molar-refractivity contribution in [1.82, 2.24) is 45.1 Å². The Hall–Kier alpha value is -2.94. The zero-order valence-electron chi connectivity index (χ0n) is 20.2. The minimum Gasteiger partial charge on any atom is -0.286 e. The first-order valence-electron chi connectivity index (χ1n) is 12.0. The molecule has 1 fully saturated rings. The second-order valence-corrected chi connectivity index (χ2v) is 10.3. The van der Waals surface area contributed by atoms with Gasteiger partial charge in [-0.25, -0.2) is 4.68 Å². The first-order valence-corrected chi connectivity index (χ1v) is 12.0. The fourth-order valence-corrected chi connectivity index (χ4v) is 5.37. The van der Waals surface area contributed by atoms with Crippen molar-refractivity contribution in [2.45, 2.75) is 90.9 Å². The van der Waals surface area contributed by atoms with E-state index in [2.05, 4.69) is 94.8 Å². The highest BCUT2D eigenvalue weighted by Gasteiger charge is 2.34. The lowest BCUT2D eigenvalue weighted by molar-refractivity contribution is 0.108. The molecular formula is C24H33N9. The SMILES string of the molecule is CC[C@H](c1nnnn1C(C)(C)C)N(Cc1cc2cccc(C)c2n2nnnc12)C1CCCC1. The van der Waals surface area contributed by atoms with E-state index in [1.54, 1.807) is 0 Å². The van der Waals surface area contributed by atoms with Crippen LogP contribution in [-0.2, 0) is 12.1 Å². The summed E-state index contributed by atoms with van der Waals surface area (Å²) in [6, 6.07) is 9.21. The van der Waals surface area contributed by atoms with Gasteiger partial charge in [0.25, 0.3) is 0 Å². The van der Waals surface area contributed by atoms with Crippen LogP contribution in [0.3, 0.4) is 0 Å². The summed E-state index contributed by atoms with van der Waals surface area (Å²) >= 11 is 0. The molecule has 3 heterocycles. The number of aryl methyl sites for hydroxylation is 1. The van der Waals surface area contributed by atoms with Crippen LogP contribution >= 0.6 is 0 Å². The van der Waals surface area contributed by atoms with Crippen LogP contribution in [0.4, 0.5) is 0 Å². The predicted octanol–water partition coefficient (Wildman–Crippen LogP) is 4.22. The molecule has 9 nitrogen and oxygen atoms in total. The topological polar surface area (TPSA) is 89.9 Å². The molecule has 33 heavy (non-hydrogen) atoms. The van der Waals surface area contributed by atoms with Crippen LogP contribution in [-0.4, -0.2) is 51.2 Å². The van der Waals surface area contributed by atoms with E-state index in [9.17, 15) is 0 Å². The van der Waals surface area contributed by atoms with Gasteiger partial charge in [-0.3, -0.25) is 4.90 Å². The fourth-order valence-electron chi connectivity index (χ4n) is 5.37. The lowest BCUT2D eigenvalue weighted by atomic mass is 10.0. The van der Waals surface area contributed by atoms with Crippen LogP contribution in [0.5, 0.6) is 0 Å². The summed E-state index contributed by atoms with van der Waals surface area (Å²) in [5.74, 6) is 0.934. The van der Waals surface area contributed by atoms with Gasteiger partial charge in [-0.15, -0.1) is 10.2 Å². The molecule has 1 aliphatic carbocycles. The van der Waals surface area contributed by atoms with Gasteiger partial charge in [-0.05, 0) is 79.4 Å². The van der Waals surface area contributed by atoms with Crippen LogP contribution in [0.1, 0.15) is 82.8 Å². The molecule has 0 spiro atoms. The molecule has 0 unspecified atom stereocenters. The first-order chi connectivity index (χ1) is 15.9. The predicted molar refractivity (Wildman–Crippen MR) is 127 cm³/mol. The van der Waals surface area contributed by atoms with Gasteiger partial charge in [0.2, 0.25) is 0 Å². The third-order valence-corrected chi connectivity index (χ3v) is 6.93. The number of benzene rings is 1. The quantitative estimate of drug-likeness (QED) is 0.437. The van der Waals surface area contributed by atoms with Gasteiger partial charge < -0.3 is 0 Å². The van der Waals surface area contributed by atoms with Crippen molar-refractivity contribution >= 4 is 16.6 Å². The normalized spacial score (nSPS) is 16.4. The lowest BCUT2D eigenvalue weighted by Gasteiger charge is -2.36. The van der Waals surface area contributed by atoms with Gasteiger partial charge in [-0.2, -0.15) is 4.52 Å². The molecule has 5 rings (SSSR count). The van der Waals surface area contributed by atoms with E-state index in [0.29, 0.717) is 6.04 Å². The Morgan fingerprint density at radius 1 is 1.09 bits per heavy atom. The van der Waals surface area contributed by atoms with Crippen LogP contribution in [0, 0.1) is 6.92 Å². The Kier molecular flexibility index (Phi) is 5.60. The number of aromatic nitrogens is 8. The Morgan fingerprint density at radius 3 is 2.58 bits per heavy atom. The highest BCUT2D eigenvalue weighted by Crippen LogP contribution is 2.35. The molecule has 1 aromatic carbocycles. The van der Waals surface area contributed by atoms with Crippen molar-refractivity contribution in [1.29, 1.82) is 0 Å². The molecule has 4 aromatic rings. The Labute approximate surface area is 194 Å². The molecule has 3 aromatic heterocycles. The van der Waals surface area contributed by atoms with Gasteiger partial charge in [0, 0.05) is 23.5 Å². The van der Waals surface area contributed by atoms with Gasteiger partial charge in [-0.1, -0.05) is 38.0 Å². The smallest absolute Gasteiger partial charge is 0.184 e. The van der Waals surface area contributed by atoms with E-state index in [1.807, 2.05) is 9.20 Å². The molecule has 174 valence electrons. The number of tetrazole rings is 2. The highest BCUT2D eigenvalue weighted by molar-refractivity contribution is 5.85. The first kappa shape index (κ1) is 21.9. The van der Waals surface area contributed by atoms with Crippen LogP contribution in [0.25, 0.3) is 16.6 Å². The van der Waals surface area contributed by atoms with Crippen LogP contribution in [0.15, 0.2) is 24.3 Å². The third kappa shape index (κ3) is 3.88. The zero-order valence-corrected chi connectivity index (χ0v) is 20.2. The average Bonchev–Trinajstić information content (AvgIpc) is 3.54. The molecule has 1 aliphatic rings. The van der Waals surface area contributed by atoms with E-state index < -0.39 is 0 Å². The zero-order chi connectivity index (χ0) is 23.2. The van der Waals surface area contributed by atoms with E-state index >= 15 is 0 Å². The summed E-state index contributed by atoms with van der Waals surface area (Å²) in [7, 11) is 0. The second kappa shape index (κ2) is 8.44. The summed E-state index contributed by atoms with van der Waals surface area (Å²) in [4.78, 5) is 2.60. The molecule has 1 atom stereocenters. The second-order valence-electron chi connectivity index (χ2n) is 10.3. The van der Waals surface area contributed by atoms with Crippen molar-refractivity contribution in [2.24, 2.45) is 0 Å². The van der Waals surface area contributed by atoms with Gasteiger partial charge in [0.1, 0.15) is 0 Å². The molecule has 0 radical (unpaired) electrons. The van der Waals surface area contributed by atoms with Crippen LogP contribution in [0.2, 0.25) is 0 Å². The van der Waals surface area contributed by atoms with Crippen LogP contribution < -0.4 is 0 Å². The fraction of sp³-hybridized carbons (Fsp3) is 0.583. The summed E-state index contributed by atoms with van der Waals surface area (Å²) in [5, 5.41) is 26.9. The standard InChI is InChI=1S/C24H33N9/c1-6-20(23-26-28-30-33(23)24(3,4)5)31(19-12-7-8-13-19)15-18-14-17-11-9-10-16(2)21(17)32-22(18)25-27-29-32/h9-11,14,19-20H,6-8,12-13,15H2,1-5H3/t20-/m1/s1. The number of fused-ring (bicyclic) bond motifs is 3. The minimum absolute atomic E-state index is 0.117. The molecule has 0 aliphatic heterocycles. The number of rotatable bonds is 6. The average molecular weight is 448 g/mol. The summed E-state index contributed by atoms with van der Waals surface area (Å²) in [6.07, 6.45) is 5.85. The number of hydrogen-bond acceptors (Lipinski definition) is 7. The molecule has 0 bridgehead atoms. The molecule has 0 amide bonds. The molecule has 9 heteroatoms.